The molecule has 0 atom stereocenters. The third-order valence-electron chi connectivity index (χ3n) is 3.13. The highest BCUT2D eigenvalue weighted by atomic mass is 32.1. The minimum atomic E-state index is 0.665. The van der Waals surface area contributed by atoms with Crippen molar-refractivity contribution in [2.24, 2.45) is 0 Å². The van der Waals surface area contributed by atoms with Gasteiger partial charge in [0.25, 0.3) is 0 Å². The minimum absolute atomic E-state index is 0.665. The van der Waals surface area contributed by atoms with E-state index in [9.17, 15) is 0 Å². The van der Waals surface area contributed by atoms with Crippen LogP contribution < -0.4 is 10.1 Å². The van der Waals surface area contributed by atoms with Gasteiger partial charge in [0.2, 0.25) is 0 Å². The van der Waals surface area contributed by atoms with Gasteiger partial charge in [-0.3, -0.25) is 0 Å². The predicted molar refractivity (Wildman–Crippen MR) is 86.5 cm³/mol. The Bertz CT molecular complexity index is 504. The molecule has 0 saturated heterocycles. The van der Waals surface area contributed by atoms with Gasteiger partial charge in [-0.25, -0.2) is 0 Å². The average Bonchev–Trinajstić information content (AvgIpc) is 2.95. The number of hydrogen-bond donors (Lipinski definition) is 1. The van der Waals surface area contributed by atoms with E-state index in [4.69, 9.17) is 4.74 Å². The summed E-state index contributed by atoms with van der Waals surface area (Å²) < 4.78 is 5.82. The number of rotatable bonds is 8. The summed E-state index contributed by atoms with van der Waals surface area (Å²) >= 11 is 1.83. The van der Waals surface area contributed by atoms with Gasteiger partial charge in [0.05, 0.1) is 0 Å². The minimum Gasteiger partial charge on any atom is -0.488 e. The van der Waals surface area contributed by atoms with Gasteiger partial charge in [0, 0.05) is 16.3 Å². The molecule has 0 radical (unpaired) electrons. The fourth-order valence-electron chi connectivity index (χ4n) is 1.96. The third-order valence-corrected chi connectivity index (χ3v) is 4.33. The highest BCUT2D eigenvalue weighted by Crippen LogP contribution is 2.20. The van der Waals surface area contributed by atoms with Crippen LogP contribution in [0, 0.1) is 0 Å². The Labute approximate surface area is 125 Å². The first-order chi connectivity index (χ1) is 9.81. The number of aryl methyl sites for hydroxylation is 1. The molecule has 20 heavy (non-hydrogen) atoms. The highest BCUT2D eigenvalue weighted by Gasteiger charge is 2.00. The van der Waals surface area contributed by atoms with Crippen LogP contribution >= 0.6 is 11.3 Å². The zero-order valence-corrected chi connectivity index (χ0v) is 13.1. The van der Waals surface area contributed by atoms with Crippen molar-refractivity contribution in [2.75, 3.05) is 6.54 Å². The van der Waals surface area contributed by atoms with Gasteiger partial charge in [-0.05, 0) is 49.2 Å². The Morgan fingerprint density at radius 1 is 1.00 bits per heavy atom. The Morgan fingerprint density at radius 2 is 1.75 bits per heavy atom. The number of nitrogens with one attached hydrogen (secondary N) is 1. The van der Waals surface area contributed by atoms with Gasteiger partial charge in [-0.2, -0.15) is 0 Å². The lowest BCUT2D eigenvalue weighted by Gasteiger charge is -2.07. The van der Waals surface area contributed by atoms with Crippen LogP contribution in [-0.4, -0.2) is 6.54 Å². The van der Waals surface area contributed by atoms with E-state index in [0.29, 0.717) is 6.61 Å². The SMILES string of the molecule is CCCNCc1ccc(OCc2ccc(CC)s2)cc1. The second-order valence-electron chi connectivity index (χ2n) is 4.83. The number of hydrogen-bond acceptors (Lipinski definition) is 3. The molecule has 1 aromatic heterocycles. The van der Waals surface area contributed by atoms with Crippen molar-refractivity contribution >= 4 is 11.3 Å². The second-order valence-corrected chi connectivity index (χ2v) is 6.08. The summed E-state index contributed by atoms with van der Waals surface area (Å²) in [4.78, 5) is 2.71. The predicted octanol–water partition coefficient (Wildman–Crippen LogP) is 4.39. The molecule has 3 heteroatoms. The van der Waals surface area contributed by atoms with Crippen molar-refractivity contribution < 1.29 is 4.74 Å². The molecule has 0 amide bonds. The fraction of sp³-hybridized carbons (Fsp3) is 0.412. The summed E-state index contributed by atoms with van der Waals surface area (Å²) in [7, 11) is 0. The summed E-state index contributed by atoms with van der Waals surface area (Å²) in [6.45, 7) is 7.02. The van der Waals surface area contributed by atoms with Crippen LogP contribution in [0.2, 0.25) is 0 Å². The molecule has 0 unspecified atom stereocenters. The second kappa shape index (κ2) is 8.08. The van der Waals surface area contributed by atoms with Gasteiger partial charge >= 0.3 is 0 Å². The largest absolute Gasteiger partial charge is 0.488 e. The zero-order chi connectivity index (χ0) is 14.2. The Hall–Kier alpha value is -1.32. The smallest absolute Gasteiger partial charge is 0.122 e. The molecular formula is C17H23NOS. The van der Waals surface area contributed by atoms with Crippen molar-refractivity contribution in [1.82, 2.24) is 5.32 Å². The lowest BCUT2D eigenvalue weighted by molar-refractivity contribution is 0.309. The highest BCUT2D eigenvalue weighted by molar-refractivity contribution is 7.11. The lowest BCUT2D eigenvalue weighted by atomic mass is 10.2. The van der Waals surface area contributed by atoms with E-state index in [2.05, 4.69) is 55.6 Å². The van der Waals surface area contributed by atoms with Crippen LogP contribution in [0.15, 0.2) is 36.4 Å². The first-order valence-electron chi connectivity index (χ1n) is 7.32. The first-order valence-corrected chi connectivity index (χ1v) is 8.13. The standard InChI is InChI=1S/C17H23NOS/c1-3-11-18-12-14-5-7-15(8-6-14)19-13-17-10-9-16(4-2)20-17/h5-10,18H,3-4,11-13H2,1-2H3. The van der Waals surface area contributed by atoms with E-state index in [-0.39, 0.29) is 0 Å². The lowest BCUT2D eigenvalue weighted by Crippen LogP contribution is -2.13. The van der Waals surface area contributed by atoms with Gasteiger partial charge in [-0.15, -0.1) is 11.3 Å². The Kier molecular flexibility index (Phi) is 6.09. The quantitative estimate of drug-likeness (QED) is 0.728. The molecular weight excluding hydrogens is 266 g/mol. The monoisotopic (exact) mass is 289 g/mol. The van der Waals surface area contributed by atoms with Crippen molar-refractivity contribution in [3.63, 3.8) is 0 Å². The van der Waals surface area contributed by atoms with E-state index in [1.807, 2.05) is 11.3 Å². The molecule has 108 valence electrons. The maximum Gasteiger partial charge on any atom is 0.122 e. The molecule has 0 aliphatic carbocycles. The Morgan fingerprint density at radius 3 is 2.40 bits per heavy atom. The molecule has 1 heterocycles. The van der Waals surface area contributed by atoms with Crippen LogP contribution in [0.5, 0.6) is 5.75 Å². The van der Waals surface area contributed by atoms with E-state index in [0.717, 1.165) is 25.3 Å². The molecule has 1 aromatic carbocycles. The topological polar surface area (TPSA) is 21.3 Å². The van der Waals surface area contributed by atoms with Crippen molar-refractivity contribution in [3.8, 4) is 5.75 Å². The van der Waals surface area contributed by atoms with E-state index < -0.39 is 0 Å². The number of thiophene rings is 1. The molecule has 0 saturated carbocycles. The molecule has 0 bridgehead atoms. The molecule has 0 spiro atoms. The van der Waals surface area contributed by atoms with E-state index >= 15 is 0 Å². The van der Waals surface area contributed by atoms with Crippen molar-refractivity contribution in [1.29, 1.82) is 0 Å². The first kappa shape index (κ1) is 15.1. The average molecular weight is 289 g/mol. The van der Waals surface area contributed by atoms with Crippen LogP contribution in [0.4, 0.5) is 0 Å². The van der Waals surface area contributed by atoms with Crippen LogP contribution in [0.1, 0.15) is 35.6 Å². The normalized spacial score (nSPS) is 10.7. The fourth-order valence-corrected chi connectivity index (χ4v) is 2.83. The van der Waals surface area contributed by atoms with Gasteiger partial charge < -0.3 is 10.1 Å². The number of benzene rings is 1. The summed E-state index contributed by atoms with van der Waals surface area (Å²) in [6.07, 6.45) is 2.27. The molecule has 2 nitrogen and oxygen atoms in total. The number of ether oxygens (including phenoxy) is 1. The van der Waals surface area contributed by atoms with E-state index in [1.165, 1.54) is 21.7 Å². The van der Waals surface area contributed by atoms with Crippen molar-refractivity contribution in [2.45, 2.75) is 39.8 Å². The Balaban J connectivity index is 1.81. The molecule has 0 aliphatic heterocycles. The van der Waals surface area contributed by atoms with E-state index in [1.54, 1.807) is 0 Å². The molecule has 0 aliphatic rings. The van der Waals surface area contributed by atoms with Crippen LogP contribution in [0.3, 0.4) is 0 Å². The maximum atomic E-state index is 5.82. The maximum absolute atomic E-state index is 5.82. The van der Waals surface area contributed by atoms with Gasteiger partial charge in [0.15, 0.2) is 0 Å². The van der Waals surface area contributed by atoms with Crippen molar-refractivity contribution in [3.05, 3.63) is 51.7 Å². The zero-order valence-electron chi connectivity index (χ0n) is 12.3. The van der Waals surface area contributed by atoms with Gasteiger partial charge in [0.1, 0.15) is 12.4 Å². The van der Waals surface area contributed by atoms with Crippen LogP contribution in [-0.2, 0) is 19.6 Å². The molecule has 2 rings (SSSR count). The molecule has 0 fully saturated rings. The molecule has 1 N–H and O–H groups in total. The summed E-state index contributed by atoms with van der Waals surface area (Å²) in [6, 6.07) is 12.7. The third kappa shape index (κ3) is 4.66. The van der Waals surface area contributed by atoms with Crippen LogP contribution in [0.25, 0.3) is 0 Å². The van der Waals surface area contributed by atoms with Gasteiger partial charge in [-0.1, -0.05) is 26.0 Å². The summed E-state index contributed by atoms with van der Waals surface area (Å²) in [5, 5.41) is 3.40. The summed E-state index contributed by atoms with van der Waals surface area (Å²) in [5.74, 6) is 0.940. The molecule has 2 aromatic rings. The summed E-state index contributed by atoms with van der Waals surface area (Å²) in [5.41, 5.74) is 1.30.